The van der Waals surface area contributed by atoms with E-state index in [1.165, 1.54) is 18.6 Å². The van der Waals surface area contributed by atoms with Crippen LogP contribution in [0.2, 0.25) is 0 Å². The fourth-order valence-corrected chi connectivity index (χ4v) is 2.65. The van der Waals surface area contributed by atoms with E-state index in [-0.39, 0.29) is 11.9 Å². The molecular formula is C15H20F3NO2. The second kappa shape index (κ2) is 7.13. The summed E-state index contributed by atoms with van der Waals surface area (Å²) in [6.07, 6.45) is -0.106. The largest absolute Gasteiger partial charge is 0.573 e. The summed E-state index contributed by atoms with van der Waals surface area (Å²) in [5.41, 5.74) is 6.56. The van der Waals surface area contributed by atoms with Gasteiger partial charge in [-0.15, -0.1) is 13.2 Å². The van der Waals surface area contributed by atoms with Gasteiger partial charge in [-0.2, -0.15) is 0 Å². The number of halogens is 3. The van der Waals surface area contributed by atoms with Crippen LogP contribution in [0.15, 0.2) is 24.3 Å². The Labute approximate surface area is 122 Å². The predicted molar refractivity (Wildman–Crippen MR) is 72.7 cm³/mol. The summed E-state index contributed by atoms with van der Waals surface area (Å²) in [5, 5.41) is 0. The first-order valence-corrected chi connectivity index (χ1v) is 7.14. The number of ether oxygens (including phenoxy) is 2. The van der Waals surface area contributed by atoms with Crippen molar-refractivity contribution in [3.05, 3.63) is 29.8 Å². The Hall–Kier alpha value is -1.27. The van der Waals surface area contributed by atoms with Gasteiger partial charge in [-0.05, 0) is 43.0 Å². The fraction of sp³-hybridized carbons (Fsp3) is 0.600. The minimum absolute atomic E-state index is 0.148. The number of rotatable bonds is 5. The van der Waals surface area contributed by atoms with E-state index in [1.54, 1.807) is 12.1 Å². The summed E-state index contributed by atoms with van der Waals surface area (Å²) in [4.78, 5) is 0. The Morgan fingerprint density at radius 1 is 1.10 bits per heavy atom. The number of alkyl halides is 3. The highest BCUT2D eigenvalue weighted by Gasteiger charge is 2.31. The Kier molecular flexibility index (Phi) is 5.47. The highest BCUT2D eigenvalue weighted by molar-refractivity contribution is 5.27. The van der Waals surface area contributed by atoms with E-state index in [0.717, 1.165) is 24.8 Å². The van der Waals surface area contributed by atoms with Crippen LogP contribution in [-0.4, -0.2) is 19.0 Å². The zero-order valence-electron chi connectivity index (χ0n) is 11.7. The van der Waals surface area contributed by atoms with Crippen LogP contribution >= 0.6 is 0 Å². The van der Waals surface area contributed by atoms with E-state index in [4.69, 9.17) is 10.5 Å². The zero-order chi connectivity index (χ0) is 15.3. The molecule has 2 rings (SSSR count). The summed E-state index contributed by atoms with van der Waals surface area (Å²) in [6, 6.07) is 5.77. The second-order valence-electron chi connectivity index (χ2n) is 5.32. The maximum absolute atomic E-state index is 12.1. The topological polar surface area (TPSA) is 44.5 Å². The Balaban J connectivity index is 1.85. The molecule has 2 N–H and O–H groups in total. The average Bonchev–Trinajstić information content (AvgIpc) is 2.45. The van der Waals surface area contributed by atoms with Gasteiger partial charge in [-0.3, -0.25) is 0 Å². The van der Waals surface area contributed by atoms with Crippen LogP contribution in [0.3, 0.4) is 0 Å². The second-order valence-corrected chi connectivity index (χ2v) is 5.32. The molecule has 0 spiro atoms. The minimum Gasteiger partial charge on any atom is -0.406 e. The Bertz CT molecular complexity index is 434. The third-order valence-electron chi connectivity index (χ3n) is 3.76. The molecule has 0 amide bonds. The average molecular weight is 303 g/mol. The summed E-state index contributed by atoms with van der Waals surface area (Å²) >= 11 is 0. The molecule has 0 aliphatic heterocycles. The van der Waals surface area contributed by atoms with Gasteiger partial charge >= 0.3 is 6.36 Å². The minimum atomic E-state index is -4.66. The van der Waals surface area contributed by atoms with Crippen molar-refractivity contribution in [1.29, 1.82) is 0 Å². The van der Waals surface area contributed by atoms with Gasteiger partial charge in [-0.25, -0.2) is 0 Å². The Morgan fingerprint density at radius 2 is 1.76 bits per heavy atom. The molecule has 3 nitrogen and oxygen atoms in total. The van der Waals surface area contributed by atoms with Crippen LogP contribution in [-0.2, 0) is 11.3 Å². The highest BCUT2D eigenvalue weighted by Crippen LogP contribution is 2.27. The van der Waals surface area contributed by atoms with Crippen molar-refractivity contribution in [2.75, 3.05) is 6.54 Å². The third kappa shape index (κ3) is 5.21. The lowest BCUT2D eigenvalue weighted by Crippen LogP contribution is -2.33. The van der Waals surface area contributed by atoms with Crippen LogP contribution in [0.25, 0.3) is 0 Å². The lowest BCUT2D eigenvalue weighted by molar-refractivity contribution is -0.274. The fourth-order valence-electron chi connectivity index (χ4n) is 2.65. The van der Waals surface area contributed by atoms with E-state index >= 15 is 0 Å². The summed E-state index contributed by atoms with van der Waals surface area (Å²) in [7, 11) is 0. The molecule has 1 aromatic carbocycles. The van der Waals surface area contributed by atoms with Gasteiger partial charge in [0, 0.05) is 0 Å². The van der Waals surface area contributed by atoms with Gasteiger partial charge in [0.1, 0.15) is 5.75 Å². The van der Waals surface area contributed by atoms with E-state index in [9.17, 15) is 13.2 Å². The van der Waals surface area contributed by atoms with Crippen LogP contribution in [0.1, 0.15) is 31.2 Å². The van der Waals surface area contributed by atoms with Gasteiger partial charge in [0.25, 0.3) is 0 Å². The van der Waals surface area contributed by atoms with E-state index in [2.05, 4.69) is 4.74 Å². The smallest absolute Gasteiger partial charge is 0.406 e. The van der Waals surface area contributed by atoms with Gasteiger partial charge < -0.3 is 15.2 Å². The monoisotopic (exact) mass is 303 g/mol. The van der Waals surface area contributed by atoms with Crippen LogP contribution in [0.4, 0.5) is 13.2 Å². The lowest BCUT2D eigenvalue weighted by Gasteiger charge is -2.30. The molecule has 6 heteroatoms. The summed E-state index contributed by atoms with van der Waals surface area (Å²) in [6.45, 7) is 0.997. The van der Waals surface area contributed by atoms with Crippen molar-refractivity contribution in [2.24, 2.45) is 11.7 Å². The van der Waals surface area contributed by atoms with Crippen molar-refractivity contribution in [3.63, 3.8) is 0 Å². The molecule has 0 aromatic heterocycles. The van der Waals surface area contributed by atoms with Crippen molar-refractivity contribution in [3.8, 4) is 5.75 Å². The van der Waals surface area contributed by atoms with E-state index in [0.29, 0.717) is 19.1 Å². The van der Waals surface area contributed by atoms with Crippen LogP contribution in [0.5, 0.6) is 5.75 Å². The number of benzene rings is 1. The zero-order valence-corrected chi connectivity index (χ0v) is 11.7. The number of hydrogen-bond acceptors (Lipinski definition) is 3. The molecule has 0 bridgehead atoms. The van der Waals surface area contributed by atoms with Crippen LogP contribution < -0.4 is 10.5 Å². The number of nitrogens with two attached hydrogens (primary N) is 1. The standard InChI is InChI=1S/C15H20F3NO2/c16-15(17,18)21-13-7-5-11(6-8-13)10-20-14-4-2-1-3-12(14)9-19/h5-8,12,14H,1-4,9-10,19H2. The summed E-state index contributed by atoms with van der Waals surface area (Å²) < 4.78 is 45.9. The van der Waals surface area contributed by atoms with Crippen LogP contribution in [0, 0.1) is 5.92 Å². The van der Waals surface area contributed by atoms with E-state index < -0.39 is 6.36 Å². The molecule has 2 atom stereocenters. The predicted octanol–water partition coefficient (Wildman–Crippen LogP) is 3.62. The van der Waals surface area contributed by atoms with E-state index in [1.807, 2.05) is 0 Å². The quantitative estimate of drug-likeness (QED) is 0.903. The maximum atomic E-state index is 12.1. The van der Waals surface area contributed by atoms with Crippen molar-refractivity contribution in [2.45, 2.75) is 44.8 Å². The first kappa shape index (κ1) is 16.1. The van der Waals surface area contributed by atoms with Gasteiger partial charge in [0.2, 0.25) is 0 Å². The lowest BCUT2D eigenvalue weighted by atomic mass is 9.86. The molecule has 21 heavy (non-hydrogen) atoms. The molecule has 0 radical (unpaired) electrons. The molecular weight excluding hydrogens is 283 g/mol. The maximum Gasteiger partial charge on any atom is 0.573 e. The third-order valence-corrected chi connectivity index (χ3v) is 3.76. The molecule has 1 aliphatic rings. The van der Waals surface area contributed by atoms with Crippen molar-refractivity contribution in [1.82, 2.24) is 0 Å². The molecule has 2 unspecified atom stereocenters. The molecule has 1 saturated carbocycles. The molecule has 0 saturated heterocycles. The first-order valence-electron chi connectivity index (χ1n) is 7.14. The molecule has 1 aliphatic carbocycles. The van der Waals surface area contributed by atoms with Crippen molar-refractivity contribution < 1.29 is 22.6 Å². The molecule has 0 heterocycles. The van der Waals surface area contributed by atoms with Gasteiger partial charge in [0.05, 0.1) is 12.7 Å². The molecule has 1 fully saturated rings. The normalized spacial score (nSPS) is 23.0. The summed E-state index contributed by atoms with van der Waals surface area (Å²) in [5.74, 6) is 0.162. The highest BCUT2D eigenvalue weighted by atomic mass is 19.4. The first-order chi connectivity index (χ1) is 9.98. The van der Waals surface area contributed by atoms with Gasteiger partial charge in [0.15, 0.2) is 0 Å². The molecule has 1 aromatic rings. The Morgan fingerprint density at radius 3 is 2.38 bits per heavy atom. The number of hydrogen-bond donors (Lipinski definition) is 1. The van der Waals surface area contributed by atoms with Crippen molar-refractivity contribution >= 4 is 0 Å². The van der Waals surface area contributed by atoms with Gasteiger partial charge in [-0.1, -0.05) is 25.0 Å². The molecule has 118 valence electrons. The SMILES string of the molecule is NCC1CCCCC1OCc1ccc(OC(F)(F)F)cc1.